The van der Waals surface area contributed by atoms with Gasteiger partial charge < -0.3 is 19.8 Å². The van der Waals surface area contributed by atoms with Gasteiger partial charge in [0.1, 0.15) is 5.75 Å². The predicted octanol–water partition coefficient (Wildman–Crippen LogP) is 1.17. The molecule has 0 radical (unpaired) electrons. The molecule has 1 aliphatic rings. The van der Waals surface area contributed by atoms with E-state index in [1.54, 1.807) is 28.1 Å². The summed E-state index contributed by atoms with van der Waals surface area (Å²) in [5, 5.41) is 6.78. The quantitative estimate of drug-likeness (QED) is 0.847. The Bertz CT molecular complexity index is 640. The van der Waals surface area contributed by atoms with Crippen molar-refractivity contribution >= 4 is 17.5 Å². The first-order valence-corrected chi connectivity index (χ1v) is 7.73. The topological polar surface area (TPSA) is 80.2 Å². The van der Waals surface area contributed by atoms with E-state index < -0.39 is 5.60 Å². The van der Waals surface area contributed by atoms with E-state index in [0.717, 1.165) is 11.3 Å². The molecule has 0 saturated heterocycles. The lowest BCUT2D eigenvalue weighted by molar-refractivity contribution is -0.141. The van der Waals surface area contributed by atoms with E-state index in [1.165, 1.54) is 4.90 Å². The Kier molecular flexibility index (Phi) is 5.43. The van der Waals surface area contributed by atoms with Gasteiger partial charge in [0, 0.05) is 33.5 Å². The standard InChI is InChI=1S/C17H23N3O4/c1-17(16(22)18-10-9-15(21)20(2)3)11-14(19-24-17)12-5-7-13(23-4)8-6-12/h5-8H,9-11H2,1-4H3,(H,18,22). The van der Waals surface area contributed by atoms with Crippen LogP contribution in [0.15, 0.2) is 29.4 Å². The lowest BCUT2D eigenvalue weighted by Gasteiger charge is -2.20. The number of nitrogens with zero attached hydrogens (tertiary/aromatic N) is 2. The maximum atomic E-state index is 12.3. The fourth-order valence-corrected chi connectivity index (χ4v) is 2.29. The summed E-state index contributed by atoms with van der Waals surface area (Å²) in [5.74, 6) is 0.439. The van der Waals surface area contributed by atoms with Crippen LogP contribution in [0.3, 0.4) is 0 Å². The highest BCUT2D eigenvalue weighted by Crippen LogP contribution is 2.27. The molecule has 1 N–H and O–H groups in total. The van der Waals surface area contributed by atoms with Crippen molar-refractivity contribution < 1.29 is 19.2 Å². The first-order chi connectivity index (χ1) is 11.4. The molecule has 130 valence electrons. The number of oxime groups is 1. The van der Waals surface area contributed by atoms with Crippen molar-refractivity contribution in [3.63, 3.8) is 0 Å². The van der Waals surface area contributed by atoms with E-state index in [0.29, 0.717) is 12.1 Å². The molecular weight excluding hydrogens is 310 g/mol. The monoisotopic (exact) mass is 333 g/mol. The third-order valence-corrected chi connectivity index (χ3v) is 3.89. The highest BCUT2D eigenvalue weighted by molar-refractivity contribution is 6.05. The number of amides is 2. The Morgan fingerprint density at radius 2 is 2.00 bits per heavy atom. The van der Waals surface area contributed by atoms with E-state index in [9.17, 15) is 9.59 Å². The van der Waals surface area contributed by atoms with Gasteiger partial charge in [-0.15, -0.1) is 0 Å². The molecule has 1 aromatic rings. The Balaban J connectivity index is 1.90. The zero-order valence-corrected chi connectivity index (χ0v) is 14.5. The number of carbonyl (C=O) groups excluding carboxylic acids is 2. The van der Waals surface area contributed by atoms with Gasteiger partial charge in [0.05, 0.1) is 12.8 Å². The fraction of sp³-hybridized carbons (Fsp3) is 0.471. The molecule has 0 fully saturated rings. The number of benzene rings is 1. The lowest BCUT2D eigenvalue weighted by Crippen LogP contribution is -2.45. The molecule has 7 heteroatoms. The molecular formula is C17H23N3O4. The fourth-order valence-electron chi connectivity index (χ4n) is 2.29. The summed E-state index contributed by atoms with van der Waals surface area (Å²) >= 11 is 0. The summed E-state index contributed by atoms with van der Waals surface area (Å²) in [6.07, 6.45) is 0.619. The molecule has 0 saturated carbocycles. The Morgan fingerprint density at radius 1 is 1.33 bits per heavy atom. The minimum atomic E-state index is -1.06. The Labute approximate surface area is 141 Å². The first-order valence-electron chi connectivity index (χ1n) is 7.73. The minimum absolute atomic E-state index is 0.0389. The summed E-state index contributed by atoms with van der Waals surface area (Å²) in [6.45, 7) is 1.96. The van der Waals surface area contributed by atoms with Crippen molar-refractivity contribution in [3.05, 3.63) is 29.8 Å². The lowest BCUT2D eigenvalue weighted by atomic mass is 9.95. The second-order valence-electron chi connectivity index (χ2n) is 6.06. The van der Waals surface area contributed by atoms with Crippen LogP contribution in [0.4, 0.5) is 0 Å². The van der Waals surface area contributed by atoms with Crippen LogP contribution in [-0.4, -0.2) is 55.8 Å². The molecule has 24 heavy (non-hydrogen) atoms. The van der Waals surface area contributed by atoms with Gasteiger partial charge in [-0.3, -0.25) is 9.59 Å². The molecule has 1 unspecified atom stereocenters. The number of hydrogen-bond acceptors (Lipinski definition) is 5. The third-order valence-electron chi connectivity index (χ3n) is 3.89. The van der Waals surface area contributed by atoms with Gasteiger partial charge >= 0.3 is 0 Å². The van der Waals surface area contributed by atoms with Crippen LogP contribution < -0.4 is 10.1 Å². The second kappa shape index (κ2) is 7.33. The number of nitrogens with one attached hydrogen (secondary N) is 1. The highest BCUT2D eigenvalue weighted by atomic mass is 16.7. The summed E-state index contributed by atoms with van der Waals surface area (Å²) in [5.41, 5.74) is 0.533. The minimum Gasteiger partial charge on any atom is -0.497 e. The number of carbonyl (C=O) groups is 2. The van der Waals surface area contributed by atoms with E-state index in [1.807, 2.05) is 24.3 Å². The van der Waals surface area contributed by atoms with Gasteiger partial charge in [0.2, 0.25) is 11.5 Å². The zero-order valence-electron chi connectivity index (χ0n) is 14.5. The molecule has 0 aromatic heterocycles. The molecule has 2 rings (SSSR count). The van der Waals surface area contributed by atoms with E-state index in [-0.39, 0.29) is 24.8 Å². The summed E-state index contributed by atoms with van der Waals surface area (Å²) in [4.78, 5) is 30.7. The van der Waals surface area contributed by atoms with Gasteiger partial charge in [-0.25, -0.2) is 0 Å². The Morgan fingerprint density at radius 3 is 2.58 bits per heavy atom. The molecule has 1 atom stereocenters. The van der Waals surface area contributed by atoms with E-state index >= 15 is 0 Å². The molecule has 2 amide bonds. The molecule has 0 spiro atoms. The maximum Gasteiger partial charge on any atom is 0.267 e. The number of rotatable bonds is 6. The SMILES string of the molecule is COc1ccc(C2=NOC(C)(C(=O)NCCC(=O)N(C)C)C2)cc1. The summed E-state index contributed by atoms with van der Waals surface area (Å²) in [6, 6.07) is 7.42. The van der Waals surface area contributed by atoms with Crippen molar-refractivity contribution in [1.82, 2.24) is 10.2 Å². The smallest absolute Gasteiger partial charge is 0.267 e. The molecule has 1 heterocycles. The van der Waals surface area contributed by atoms with Crippen LogP contribution in [0.5, 0.6) is 5.75 Å². The van der Waals surface area contributed by atoms with E-state index in [4.69, 9.17) is 9.57 Å². The number of hydrogen-bond donors (Lipinski definition) is 1. The van der Waals surface area contributed by atoms with Crippen LogP contribution in [0.25, 0.3) is 0 Å². The zero-order chi connectivity index (χ0) is 17.7. The molecule has 0 aliphatic carbocycles. The molecule has 0 bridgehead atoms. The molecule has 1 aromatic carbocycles. The van der Waals surface area contributed by atoms with Crippen LogP contribution >= 0.6 is 0 Å². The summed E-state index contributed by atoms with van der Waals surface area (Å²) < 4.78 is 5.13. The van der Waals surface area contributed by atoms with Crippen molar-refractivity contribution in [2.24, 2.45) is 5.16 Å². The van der Waals surface area contributed by atoms with Gasteiger partial charge in [-0.2, -0.15) is 0 Å². The third kappa shape index (κ3) is 4.04. The largest absolute Gasteiger partial charge is 0.497 e. The van der Waals surface area contributed by atoms with Crippen LogP contribution in [0, 0.1) is 0 Å². The van der Waals surface area contributed by atoms with Gasteiger partial charge in [0.15, 0.2) is 0 Å². The van der Waals surface area contributed by atoms with Crippen LogP contribution in [0.1, 0.15) is 25.3 Å². The van der Waals surface area contributed by atoms with Crippen molar-refractivity contribution in [2.45, 2.75) is 25.4 Å². The van der Waals surface area contributed by atoms with Crippen molar-refractivity contribution in [3.8, 4) is 5.75 Å². The highest BCUT2D eigenvalue weighted by Gasteiger charge is 2.42. The van der Waals surface area contributed by atoms with Gasteiger partial charge in [-0.05, 0) is 36.8 Å². The average molecular weight is 333 g/mol. The number of methoxy groups -OCH3 is 1. The summed E-state index contributed by atoms with van der Waals surface area (Å²) in [7, 11) is 4.97. The molecule has 7 nitrogen and oxygen atoms in total. The number of ether oxygens (including phenoxy) is 1. The first kappa shape index (κ1) is 17.8. The predicted molar refractivity (Wildman–Crippen MR) is 90.0 cm³/mol. The van der Waals surface area contributed by atoms with Crippen LogP contribution in [-0.2, 0) is 14.4 Å². The Hall–Kier alpha value is -2.57. The van der Waals surface area contributed by atoms with Crippen molar-refractivity contribution in [1.29, 1.82) is 0 Å². The van der Waals surface area contributed by atoms with E-state index in [2.05, 4.69) is 10.5 Å². The average Bonchev–Trinajstić information content (AvgIpc) is 2.98. The van der Waals surface area contributed by atoms with Crippen LogP contribution in [0.2, 0.25) is 0 Å². The normalized spacial score (nSPS) is 19.2. The van der Waals surface area contributed by atoms with Gasteiger partial charge in [-0.1, -0.05) is 5.16 Å². The van der Waals surface area contributed by atoms with Crippen molar-refractivity contribution in [2.75, 3.05) is 27.7 Å². The maximum absolute atomic E-state index is 12.3. The van der Waals surface area contributed by atoms with Gasteiger partial charge in [0.25, 0.3) is 5.91 Å². The second-order valence-corrected chi connectivity index (χ2v) is 6.06. The molecule has 1 aliphatic heterocycles.